The molecule has 0 radical (unpaired) electrons. The molecule has 1 heterocycles. The van der Waals surface area contributed by atoms with Gasteiger partial charge in [-0.25, -0.2) is 17.4 Å². The molecule has 4 nitrogen and oxygen atoms in total. The van der Waals surface area contributed by atoms with Crippen molar-refractivity contribution in [2.24, 2.45) is 0 Å². The second-order valence-corrected chi connectivity index (χ2v) is 2.12. The number of aromatic nitrogens is 2. The van der Waals surface area contributed by atoms with Crippen molar-refractivity contribution in [3.05, 3.63) is 18.7 Å². The minimum atomic E-state index is -2.50. The van der Waals surface area contributed by atoms with E-state index in [1.54, 1.807) is 0 Å². The van der Waals surface area contributed by atoms with E-state index < -0.39 is 10.9 Å². The van der Waals surface area contributed by atoms with E-state index in [2.05, 4.69) is 4.98 Å². The SMILES string of the molecule is O=[SH](=O)n1ccnc1.[Cr]. The molecule has 0 fully saturated rings. The van der Waals surface area contributed by atoms with E-state index in [-0.39, 0.29) is 17.4 Å². The van der Waals surface area contributed by atoms with Crippen molar-refractivity contribution in [1.82, 2.24) is 8.96 Å². The maximum Gasteiger partial charge on any atom is 0.229 e. The van der Waals surface area contributed by atoms with E-state index in [0.29, 0.717) is 0 Å². The third kappa shape index (κ3) is 2.18. The number of hydrogen-bond donors (Lipinski definition) is 1. The Morgan fingerprint density at radius 2 is 2.11 bits per heavy atom. The van der Waals surface area contributed by atoms with E-state index in [1.807, 2.05) is 0 Å². The van der Waals surface area contributed by atoms with Gasteiger partial charge in [0.2, 0.25) is 10.9 Å². The molecule has 0 bridgehead atoms. The molecule has 0 aliphatic rings. The average molecular weight is 184 g/mol. The first-order chi connectivity index (χ1) is 3.80. The van der Waals surface area contributed by atoms with Gasteiger partial charge in [0.15, 0.2) is 0 Å². The molecule has 0 spiro atoms. The van der Waals surface area contributed by atoms with Gasteiger partial charge >= 0.3 is 0 Å². The second kappa shape index (κ2) is 3.67. The number of hydrogen-bond acceptors (Lipinski definition) is 3. The van der Waals surface area contributed by atoms with Crippen LogP contribution in [0.25, 0.3) is 0 Å². The summed E-state index contributed by atoms with van der Waals surface area (Å²) in [5.41, 5.74) is 0. The molecule has 0 saturated heterocycles. The fraction of sp³-hybridized carbons (Fsp3) is 0. The first-order valence-corrected chi connectivity index (χ1v) is 3.06. The first-order valence-electron chi connectivity index (χ1n) is 1.93. The van der Waals surface area contributed by atoms with Crippen LogP contribution in [-0.2, 0) is 28.3 Å². The fourth-order valence-electron chi connectivity index (χ4n) is 0.349. The van der Waals surface area contributed by atoms with Crippen LogP contribution < -0.4 is 0 Å². The van der Waals surface area contributed by atoms with Crippen LogP contribution in [-0.4, -0.2) is 17.4 Å². The van der Waals surface area contributed by atoms with Crippen molar-refractivity contribution in [3.8, 4) is 0 Å². The predicted octanol–water partition coefficient (Wildman–Crippen LogP) is -0.745. The summed E-state index contributed by atoms with van der Waals surface area (Å²) in [4.78, 5) is 3.52. The Hall–Kier alpha value is -0.308. The molecule has 0 saturated carbocycles. The predicted molar refractivity (Wildman–Crippen MR) is 27.9 cm³/mol. The van der Waals surface area contributed by atoms with Gasteiger partial charge in [-0.3, -0.25) is 0 Å². The molecular weight excluding hydrogens is 180 g/mol. The normalized spacial score (nSPS) is 9.00. The molecule has 6 heteroatoms. The smallest absolute Gasteiger partial charge is 0.229 e. The summed E-state index contributed by atoms with van der Waals surface area (Å²) in [6.45, 7) is 0. The topological polar surface area (TPSA) is 52.0 Å². The molecule has 0 aliphatic carbocycles. The zero-order valence-electron chi connectivity index (χ0n) is 4.30. The van der Waals surface area contributed by atoms with Gasteiger partial charge in [0, 0.05) is 29.8 Å². The van der Waals surface area contributed by atoms with E-state index in [9.17, 15) is 8.42 Å². The van der Waals surface area contributed by atoms with Crippen LogP contribution in [0.5, 0.6) is 0 Å². The second-order valence-electron chi connectivity index (χ2n) is 1.18. The van der Waals surface area contributed by atoms with Gasteiger partial charge in [-0.1, -0.05) is 0 Å². The Morgan fingerprint density at radius 1 is 1.44 bits per heavy atom. The maximum atomic E-state index is 10.0. The molecule has 0 atom stereocenters. The summed E-state index contributed by atoms with van der Waals surface area (Å²) in [5, 5.41) is 0. The summed E-state index contributed by atoms with van der Waals surface area (Å²) in [6, 6.07) is 0. The Balaban J connectivity index is 0.000000640. The Morgan fingerprint density at radius 3 is 2.33 bits per heavy atom. The monoisotopic (exact) mass is 184 g/mol. The molecule has 0 aliphatic heterocycles. The number of nitrogens with zero attached hydrogens (tertiary/aromatic N) is 2. The Labute approximate surface area is 64.7 Å². The number of rotatable bonds is 1. The van der Waals surface area contributed by atoms with Crippen LogP contribution in [0.3, 0.4) is 0 Å². The largest absolute Gasteiger partial charge is 0.244 e. The molecule has 50 valence electrons. The molecule has 0 aromatic carbocycles. The number of imidazole rings is 1. The van der Waals surface area contributed by atoms with Crippen LogP contribution in [0, 0.1) is 0 Å². The third-order valence-corrected chi connectivity index (χ3v) is 1.29. The van der Waals surface area contributed by atoms with Crippen molar-refractivity contribution in [1.29, 1.82) is 0 Å². The van der Waals surface area contributed by atoms with Gasteiger partial charge in [-0.15, -0.1) is 0 Å². The van der Waals surface area contributed by atoms with Gasteiger partial charge in [-0.05, 0) is 0 Å². The summed E-state index contributed by atoms with van der Waals surface area (Å²) >= 11 is 0. The van der Waals surface area contributed by atoms with Gasteiger partial charge in [0.05, 0.1) is 0 Å². The van der Waals surface area contributed by atoms with Crippen molar-refractivity contribution < 1.29 is 25.8 Å². The van der Waals surface area contributed by atoms with Crippen LogP contribution in [0.2, 0.25) is 0 Å². The van der Waals surface area contributed by atoms with Crippen molar-refractivity contribution in [2.45, 2.75) is 0 Å². The third-order valence-electron chi connectivity index (χ3n) is 0.679. The Kier molecular flexibility index (Phi) is 3.54. The summed E-state index contributed by atoms with van der Waals surface area (Å²) in [6.07, 6.45) is 4.00. The minimum absolute atomic E-state index is 0. The molecule has 1 rings (SSSR count). The van der Waals surface area contributed by atoms with Crippen LogP contribution in [0.15, 0.2) is 18.7 Å². The fourth-order valence-corrected chi connectivity index (χ4v) is 0.661. The Bertz CT molecular complexity index is 222. The molecule has 1 aromatic heterocycles. The zero-order chi connectivity index (χ0) is 5.98. The van der Waals surface area contributed by atoms with Gasteiger partial charge < -0.3 is 0 Å². The van der Waals surface area contributed by atoms with Gasteiger partial charge in [0.25, 0.3) is 0 Å². The molecule has 9 heavy (non-hydrogen) atoms. The quantitative estimate of drug-likeness (QED) is 0.584. The van der Waals surface area contributed by atoms with E-state index in [0.717, 1.165) is 3.97 Å². The summed E-state index contributed by atoms with van der Waals surface area (Å²) < 4.78 is 21.1. The molecule has 1 aromatic rings. The average Bonchev–Trinajstić information content (AvgIpc) is 2.12. The van der Waals surface area contributed by atoms with Crippen molar-refractivity contribution in [2.75, 3.05) is 0 Å². The molecular formula is C3H4CrN2O2S. The van der Waals surface area contributed by atoms with E-state index >= 15 is 0 Å². The summed E-state index contributed by atoms with van der Waals surface area (Å²) in [5.74, 6) is 0. The first kappa shape index (κ1) is 8.69. The minimum Gasteiger partial charge on any atom is -0.244 e. The van der Waals surface area contributed by atoms with Crippen molar-refractivity contribution >= 4 is 10.9 Å². The molecule has 0 amide bonds. The molecule has 0 N–H and O–H groups in total. The van der Waals surface area contributed by atoms with Crippen LogP contribution in [0.1, 0.15) is 0 Å². The maximum absolute atomic E-state index is 10.0. The standard InChI is InChI=1S/C3H4N2O2S.Cr/c6-8(7)5-2-1-4-3-5;/h1-3,8H;. The van der Waals surface area contributed by atoms with Crippen LogP contribution in [0.4, 0.5) is 0 Å². The van der Waals surface area contributed by atoms with Gasteiger partial charge in [0.1, 0.15) is 6.33 Å². The molecule has 0 unspecified atom stereocenters. The van der Waals surface area contributed by atoms with Crippen LogP contribution >= 0.6 is 0 Å². The van der Waals surface area contributed by atoms with Gasteiger partial charge in [-0.2, -0.15) is 0 Å². The number of thiol groups is 1. The van der Waals surface area contributed by atoms with E-state index in [1.165, 1.54) is 18.7 Å². The summed E-state index contributed by atoms with van der Waals surface area (Å²) in [7, 11) is -2.50. The zero-order valence-corrected chi connectivity index (χ0v) is 6.47. The van der Waals surface area contributed by atoms with E-state index in [4.69, 9.17) is 0 Å². The van der Waals surface area contributed by atoms with Crippen molar-refractivity contribution in [3.63, 3.8) is 0 Å².